The van der Waals surface area contributed by atoms with Crippen molar-refractivity contribution in [3.8, 4) is 6.07 Å². The molecule has 0 radical (unpaired) electrons. The van der Waals surface area contributed by atoms with Crippen LogP contribution >= 0.6 is 0 Å². The molecular weight excluding hydrogens is 314 g/mol. The third-order valence-electron chi connectivity index (χ3n) is 5.42. The third-order valence-corrected chi connectivity index (χ3v) is 5.42. The molecule has 0 N–H and O–H groups in total. The zero-order valence-electron chi connectivity index (χ0n) is 17.2. The Balaban J connectivity index is 3.29. The number of hydrogen-bond acceptors (Lipinski definition) is 4. The molecule has 1 heterocycles. The van der Waals surface area contributed by atoms with Crippen molar-refractivity contribution in [2.45, 2.75) is 74.7 Å². The minimum absolute atomic E-state index is 0.357. The number of carbonyl (C=O) groups excluding carboxylic acids is 2. The van der Waals surface area contributed by atoms with E-state index in [1.54, 1.807) is 13.8 Å². The summed E-state index contributed by atoms with van der Waals surface area (Å²) in [5.41, 5.74) is -1.28. The number of ether oxygens (including phenoxy) is 1. The lowest BCUT2D eigenvalue weighted by Gasteiger charge is -2.41. The van der Waals surface area contributed by atoms with E-state index in [0.717, 1.165) is 19.3 Å². The SMILES string of the molecule is CC(C)CC(C)CC(C)(CC(C)C)C1C(=O)OC(=O)C1C(C)(C)C#N. The van der Waals surface area contributed by atoms with Crippen LogP contribution in [0.15, 0.2) is 0 Å². The smallest absolute Gasteiger partial charge is 0.319 e. The van der Waals surface area contributed by atoms with Gasteiger partial charge in [-0.2, -0.15) is 5.26 Å². The first-order valence-electron chi connectivity index (χ1n) is 9.50. The zero-order valence-corrected chi connectivity index (χ0v) is 17.2. The van der Waals surface area contributed by atoms with Crippen molar-refractivity contribution in [2.24, 2.45) is 40.4 Å². The number of rotatable bonds is 8. The van der Waals surface area contributed by atoms with Gasteiger partial charge in [0.15, 0.2) is 0 Å². The number of esters is 2. The maximum Gasteiger partial charge on any atom is 0.319 e. The van der Waals surface area contributed by atoms with E-state index in [9.17, 15) is 14.9 Å². The second-order valence-electron chi connectivity index (χ2n) is 9.72. The van der Waals surface area contributed by atoms with Crippen molar-refractivity contribution < 1.29 is 14.3 Å². The molecule has 4 nitrogen and oxygen atoms in total. The molecule has 4 unspecified atom stereocenters. The highest BCUT2D eigenvalue weighted by Gasteiger charge is 2.59. The highest BCUT2D eigenvalue weighted by Crippen LogP contribution is 2.52. The summed E-state index contributed by atoms with van der Waals surface area (Å²) in [5, 5.41) is 9.56. The van der Waals surface area contributed by atoms with E-state index in [-0.39, 0.29) is 5.41 Å². The van der Waals surface area contributed by atoms with Gasteiger partial charge in [0, 0.05) is 0 Å². The summed E-state index contributed by atoms with van der Waals surface area (Å²) in [6.07, 6.45) is 2.77. The summed E-state index contributed by atoms with van der Waals surface area (Å²) in [6.45, 7) is 16.5. The van der Waals surface area contributed by atoms with Crippen molar-refractivity contribution in [1.82, 2.24) is 0 Å². The van der Waals surface area contributed by atoms with Crippen LogP contribution in [0.2, 0.25) is 0 Å². The molecule has 4 heteroatoms. The first-order chi connectivity index (χ1) is 11.3. The molecule has 0 bridgehead atoms. The molecule has 1 rings (SSSR count). The maximum absolute atomic E-state index is 12.6. The van der Waals surface area contributed by atoms with Crippen molar-refractivity contribution in [3.63, 3.8) is 0 Å². The Morgan fingerprint density at radius 3 is 1.92 bits per heavy atom. The van der Waals surface area contributed by atoms with Crippen molar-refractivity contribution in [3.05, 3.63) is 0 Å². The number of nitrogens with zero attached hydrogens (tertiary/aromatic N) is 1. The van der Waals surface area contributed by atoms with Gasteiger partial charge >= 0.3 is 11.9 Å². The van der Waals surface area contributed by atoms with Crippen LogP contribution < -0.4 is 0 Å². The Kier molecular flexibility index (Phi) is 6.84. The van der Waals surface area contributed by atoms with E-state index in [1.807, 2.05) is 0 Å². The van der Waals surface area contributed by atoms with Crippen LogP contribution in [-0.4, -0.2) is 11.9 Å². The topological polar surface area (TPSA) is 67.2 Å². The fourth-order valence-electron chi connectivity index (χ4n) is 4.92. The predicted molar refractivity (Wildman–Crippen MR) is 98.3 cm³/mol. The minimum atomic E-state index is -0.923. The molecule has 0 aromatic rings. The quantitative estimate of drug-likeness (QED) is 0.458. The highest BCUT2D eigenvalue weighted by atomic mass is 16.6. The average Bonchev–Trinajstić information content (AvgIpc) is 2.72. The number of carbonyl (C=O) groups is 2. The molecule has 4 atom stereocenters. The summed E-state index contributed by atoms with van der Waals surface area (Å²) < 4.78 is 5.04. The number of hydrogen-bond donors (Lipinski definition) is 0. The zero-order chi connectivity index (χ0) is 19.6. The van der Waals surface area contributed by atoms with Crippen molar-refractivity contribution in [1.29, 1.82) is 5.26 Å². The number of cyclic esters (lactones) is 2. The lowest BCUT2D eigenvalue weighted by Crippen LogP contribution is -2.43. The van der Waals surface area contributed by atoms with E-state index in [2.05, 4.69) is 47.6 Å². The third kappa shape index (κ3) is 5.06. The lowest BCUT2D eigenvalue weighted by atomic mass is 9.59. The molecule has 0 aromatic carbocycles. The lowest BCUT2D eigenvalue weighted by molar-refractivity contribution is -0.155. The van der Waals surface area contributed by atoms with E-state index in [1.165, 1.54) is 0 Å². The second-order valence-corrected chi connectivity index (χ2v) is 9.72. The standard InChI is InChI=1S/C21H35NO3/c1-13(2)9-15(5)11-21(8,10-14(3)4)17-16(20(6,7)12-22)18(23)25-19(17)24/h13-17H,9-11H2,1-8H3. The van der Waals surface area contributed by atoms with Gasteiger partial charge < -0.3 is 4.74 Å². The Hall–Kier alpha value is -1.37. The molecule has 0 aromatic heterocycles. The fraction of sp³-hybridized carbons (Fsp3) is 0.857. The molecule has 1 aliphatic heterocycles. The molecule has 1 saturated heterocycles. The molecule has 142 valence electrons. The number of nitriles is 1. The largest absolute Gasteiger partial charge is 0.393 e. The van der Waals surface area contributed by atoms with Crippen LogP contribution in [-0.2, 0) is 14.3 Å². The van der Waals surface area contributed by atoms with Gasteiger partial charge in [0.2, 0.25) is 0 Å². The molecule has 0 spiro atoms. The molecule has 1 aliphatic rings. The first-order valence-corrected chi connectivity index (χ1v) is 9.50. The Labute approximate surface area is 153 Å². The van der Waals surface area contributed by atoms with Crippen LogP contribution in [0.3, 0.4) is 0 Å². The summed E-state index contributed by atoms with van der Waals surface area (Å²) in [6, 6.07) is 2.22. The van der Waals surface area contributed by atoms with E-state index >= 15 is 0 Å². The van der Waals surface area contributed by atoms with E-state index in [4.69, 9.17) is 4.74 Å². The van der Waals surface area contributed by atoms with Gasteiger partial charge in [-0.1, -0.05) is 41.5 Å². The molecule has 1 fully saturated rings. The first kappa shape index (κ1) is 21.7. The van der Waals surface area contributed by atoms with Crippen LogP contribution in [0.1, 0.15) is 74.7 Å². The normalized spacial score (nSPS) is 25.0. The van der Waals surface area contributed by atoms with Crippen LogP contribution in [0.4, 0.5) is 0 Å². The summed E-state index contributed by atoms with van der Waals surface area (Å²) in [7, 11) is 0. The van der Waals surface area contributed by atoms with Crippen LogP contribution in [0.5, 0.6) is 0 Å². The molecular formula is C21H35NO3. The molecule has 0 saturated carbocycles. The summed E-state index contributed by atoms with van der Waals surface area (Å²) in [4.78, 5) is 25.0. The van der Waals surface area contributed by atoms with Gasteiger partial charge in [-0.25, -0.2) is 0 Å². The minimum Gasteiger partial charge on any atom is -0.393 e. The summed E-state index contributed by atoms with van der Waals surface area (Å²) >= 11 is 0. The highest BCUT2D eigenvalue weighted by molar-refractivity contribution is 5.97. The maximum atomic E-state index is 12.6. The summed E-state index contributed by atoms with van der Waals surface area (Å²) in [5.74, 6) is -0.802. The second kappa shape index (κ2) is 7.89. The van der Waals surface area contributed by atoms with Gasteiger partial charge in [0.05, 0.1) is 23.3 Å². The van der Waals surface area contributed by atoms with Gasteiger partial charge in [-0.05, 0) is 56.3 Å². The van der Waals surface area contributed by atoms with Gasteiger partial charge in [0.25, 0.3) is 0 Å². The van der Waals surface area contributed by atoms with Crippen LogP contribution in [0.25, 0.3) is 0 Å². The van der Waals surface area contributed by atoms with Gasteiger partial charge in [-0.3, -0.25) is 9.59 Å². The monoisotopic (exact) mass is 349 g/mol. The predicted octanol–water partition coefficient (Wildman–Crippen LogP) is 4.98. The van der Waals surface area contributed by atoms with Crippen molar-refractivity contribution >= 4 is 11.9 Å². The van der Waals surface area contributed by atoms with Gasteiger partial charge in [0.1, 0.15) is 0 Å². The Bertz CT molecular complexity index is 544. The molecule has 0 aliphatic carbocycles. The fourth-order valence-corrected chi connectivity index (χ4v) is 4.92. The van der Waals surface area contributed by atoms with Crippen molar-refractivity contribution in [2.75, 3.05) is 0 Å². The van der Waals surface area contributed by atoms with E-state index in [0.29, 0.717) is 17.8 Å². The average molecular weight is 350 g/mol. The Morgan fingerprint density at radius 2 is 1.48 bits per heavy atom. The Morgan fingerprint density at radius 1 is 0.960 bits per heavy atom. The molecule has 25 heavy (non-hydrogen) atoms. The van der Waals surface area contributed by atoms with E-state index < -0.39 is 29.2 Å². The van der Waals surface area contributed by atoms with Gasteiger partial charge in [-0.15, -0.1) is 0 Å². The molecule has 0 amide bonds. The van der Waals surface area contributed by atoms with Crippen LogP contribution in [0, 0.1) is 51.8 Å².